The minimum absolute atomic E-state index is 0.798. The molecule has 17 heavy (non-hydrogen) atoms. The average Bonchev–Trinajstić information content (AvgIpc) is 2.32. The van der Waals surface area contributed by atoms with Crippen LogP contribution in [0.4, 0.5) is 5.69 Å². The molecule has 0 saturated carbocycles. The largest absolute Gasteiger partial charge is 0.381 e. The molecule has 1 heterocycles. The van der Waals surface area contributed by atoms with Crippen LogP contribution in [0.15, 0.2) is 41.1 Å². The summed E-state index contributed by atoms with van der Waals surface area (Å²) >= 11 is 5.83. The SMILES string of the molecule is Cc1ccncc1CNc1ccc(I)c(Br)c1. The Hall–Kier alpha value is -0.620. The summed E-state index contributed by atoms with van der Waals surface area (Å²) in [4.78, 5) is 4.14. The molecule has 0 unspecified atom stereocenters. The predicted molar refractivity (Wildman–Crippen MR) is 83.2 cm³/mol. The van der Waals surface area contributed by atoms with Gasteiger partial charge < -0.3 is 5.32 Å². The van der Waals surface area contributed by atoms with E-state index >= 15 is 0 Å². The fourth-order valence-corrected chi connectivity index (χ4v) is 2.20. The monoisotopic (exact) mass is 402 g/mol. The molecular weight excluding hydrogens is 391 g/mol. The van der Waals surface area contributed by atoms with Crippen LogP contribution in [0.2, 0.25) is 0 Å². The summed E-state index contributed by atoms with van der Waals surface area (Å²) in [6.07, 6.45) is 3.73. The molecule has 0 bridgehead atoms. The second-order valence-electron chi connectivity index (χ2n) is 3.78. The number of aryl methyl sites for hydroxylation is 1. The lowest BCUT2D eigenvalue weighted by Crippen LogP contribution is -2.01. The molecule has 4 heteroatoms. The summed E-state index contributed by atoms with van der Waals surface area (Å²) in [5.41, 5.74) is 3.60. The fraction of sp³-hybridized carbons (Fsp3) is 0.154. The molecule has 0 spiro atoms. The van der Waals surface area contributed by atoms with E-state index < -0.39 is 0 Å². The van der Waals surface area contributed by atoms with Crippen LogP contribution in [0.5, 0.6) is 0 Å². The second-order valence-corrected chi connectivity index (χ2v) is 5.80. The first-order valence-corrected chi connectivity index (χ1v) is 7.12. The van der Waals surface area contributed by atoms with Gasteiger partial charge in [-0.3, -0.25) is 4.98 Å². The first-order valence-electron chi connectivity index (χ1n) is 5.25. The highest BCUT2D eigenvalue weighted by Gasteiger charge is 2.00. The van der Waals surface area contributed by atoms with Crippen molar-refractivity contribution in [2.45, 2.75) is 13.5 Å². The number of nitrogens with zero attached hydrogens (tertiary/aromatic N) is 1. The standard InChI is InChI=1S/C13H12BrIN2/c1-9-4-5-16-7-10(9)8-17-11-2-3-13(15)12(14)6-11/h2-7,17H,8H2,1H3. The van der Waals surface area contributed by atoms with Crippen molar-refractivity contribution in [1.82, 2.24) is 4.98 Å². The molecule has 0 saturated heterocycles. The third-order valence-corrected chi connectivity index (χ3v) is 4.89. The number of halogens is 2. The third kappa shape index (κ3) is 3.42. The number of nitrogens with one attached hydrogen (secondary N) is 1. The summed E-state index contributed by atoms with van der Waals surface area (Å²) in [5, 5.41) is 3.40. The lowest BCUT2D eigenvalue weighted by molar-refractivity contribution is 1.08. The number of aromatic nitrogens is 1. The van der Waals surface area contributed by atoms with E-state index in [-0.39, 0.29) is 0 Å². The molecule has 2 rings (SSSR count). The fourth-order valence-electron chi connectivity index (χ4n) is 1.49. The van der Waals surface area contributed by atoms with Crippen molar-refractivity contribution in [2.75, 3.05) is 5.32 Å². The van der Waals surface area contributed by atoms with Crippen molar-refractivity contribution in [1.29, 1.82) is 0 Å². The molecule has 1 aromatic carbocycles. The molecule has 0 amide bonds. The van der Waals surface area contributed by atoms with E-state index in [0.717, 1.165) is 16.7 Å². The first-order chi connectivity index (χ1) is 8.16. The quantitative estimate of drug-likeness (QED) is 0.771. The van der Waals surface area contributed by atoms with Gasteiger partial charge in [-0.15, -0.1) is 0 Å². The minimum Gasteiger partial charge on any atom is -0.381 e. The van der Waals surface area contributed by atoms with E-state index in [1.54, 1.807) is 0 Å². The zero-order valence-electron chi connectivity index (χ0n) is 9.37. The molecule has 88 valence electrons. The van der Waals surface area contributed by atoms with E-state index in [0.29, 0.717) is 0 Å². The third-order valence-electron chi connectivity index (χ3n) is 2.55. The van der Waals surface area contributed by atoms with Crippen LogP contribution in [0.25, 0.3) is 0 Å². The molecular formula is C13H12BrIN2. The van der Waals surface area contributed by atoms with Gasteiger partial charge in [0.15, 0.2) is 0 Å². The summed E-state index contributed by atoms with van der Waals surface area (Å²) in [6.45, 7) is 2.90. The van der Waals surface area contributed by atoms with Gasteiger partial charge in [0, 0.05) is 32.7 Å². The molecule has 0 aliphatic rings. The van der Waals surface area contributed by atoms with Crippen LogP contribution < -0.4 is 5.32 Å². The Morgan fingerprint density at radius 2 is 2.18 bits per heavy atom. The van der Waals surface area contributed by atoms with E-state index in [1.165, 1.54) is 14.7 Å². The van der Waals surface area contributed by atoms with Crippen molar-refractivity contribution < 1.29 is 0 Å². The number of hydrogen-bond donors (Lipinski definition) is 1. The van der Waals surface area contributed by atoms with Gasteiger partial charge in [-0.05, 0) is 80.8 Å². The summed E-state index contributed by atoms with van der Waals surface area (Å²) in [5.74, 6) is 0. The van der Waals surface area contributed by atoms with E-state index in [1.807, 2.05) is 18.5 Å². The van der Waals surface area contributed by atoms with Gasteiger partial charge in [0.25, 0.3) is 0 Å². The second kappa shape index (κ2) is 5.82. The van der Waals surface area contributed by atoms with Gasteiger partial charge in [-0.1, -0.05) is 0 Å². The summed E-state index contributed by atoms with van der Waals surface area (Å²) < 4.78 is 2.33. The smallest absolute Gasteiger partial charge is 0.0418 e. The van der Waals surface area contributed by atoms with Gasteiger partial charge in [0.1, 0.15) is 0 Å². The highest BCUT2D eigenvalue weighted by molar-refractivity contribution is 14.1. The molecule has 1 aromatic heterocycles. The lowest BCUT2D eigenvalue weighted by atomic mass is 10.1. The Morgan fingerprint density at radius 3 is 2.88 bits per heavy atom. The molecule has 2 aromatic rings. The van der Waals surface area contributed by atoms with Gasteiger partial charge in [0.05, 0.1) is 0 Å². The van der Waals surface area contributed by atoms with E-state index in [2.05, 4.69) is 73.9 Å². The normalized spacial score (nSPS) is 10.3. The maximum absolute atomic E-state index is 4.14. The molecule has 0 aliphatic heterocycles. The number of pyridine rings is 1. The van der Waals surface area contributed by atoms with Crippen molar-refractivity contribution in [3.63, 3.8) is 0 Å². The Kier molecular flexibility index (Phi) is 4.39. The Labute approximate surface area is 123 Å². The Bertz CT molecular complexity index is 529. The zero-order chi connectivity index (χ0) is 12.3. The highest BCUT2D eigenvalue weighted by Crippen LogP contribution is 2.23. The van der Waals surface area contributed by atoms with E-state index in [9.17, 15) is 0 Å². The topological polar surface area (TPSA) is 24.9 Å². The zero-order valence-corrected chi connectivity index (χ0v) is 13.1. The van der Waals surface area contributed by atoms with Gasteiger partial charge in [-0.25, -0.2) is 0 Å². The van der Waals surface area contributed by atoms with Crippen LogP contribution in [0, 0.1) is 10.5 Å². The highest BCUT2D eigenvalue weighted by atomic mass is 127. The van der Waals surface area contributed by atoms with Crippen LogP contribution >= 0.6 is 38.5 Å². The van der Waals surface area contributed by atoms with Crippen LogP contribution in [-0.4, -0.2) is 4.98 Å². The molecule has 0 atom stereocenters. The molecule has 0 aliphatic carbocycles. The number of benzene rings is 1. The van der Waals surface area contributed by atoms with Gasteiger partial charge in [0.2, 0.25) is 0 Å². The van der Waals surface area contributed by atoms with Crippen LogP contribution in [0.3, 0.4) is 0 Å². The Morgan fingerprint density at radius 1 is 1.35 bits per heavy atom. The maximum Gasteiger partial charge on any atom is 0.0418 e. The number of rotatable bonds is 3. The average molecular weight is 403 g/mol. The predicted octanol–water partition coefficient (Wildman–Crippen LogP) is 4.37. The van der Waals surface area contributed by atoms with Crippen LogP contribution in [0.1, 0.15) is 11.1 Å². The van der Waals surface area contributed by atoms with Crippen molar-refractivity contribution in [3.8, 4) is 0 Å². The van der Waals surface area contributed by atoms with Crippen molar-refractivity contribution >= 4 is 44.2 Å². The van der Waals surface area contributed by atoms with Crippen LogP contribution in [-0.2, 0) is 6.54 Å². The molecule has 1 N–H and O–H groups in total. The maximum atomic E-state index is 4.14. The van der Waals surface area contributed by atoms with Crippen molar-refractivity contribution in [3.05, 3.63) is 55.8 Å². The molecule has 2 nitrogen and oxygen atoms in total. The number of anilines is 1. The summed E-state index contributed by atoms with van der Waals surface area (Å²) in [7, 11) is 0. The van der Waals surface area contributed by atoms with Gasteiger partial charge in [-0.2, -0.15) is 0 Å². The number of hydrogen-bond acceptors (Lipinski definition) is 2. The Balaban J connectivity index is 2.08. The first kappa shape index (κ1) is 12.8. The van der Waals surface area contributed by atoms with Gasteiger partial charge >= 0.3 is 0 Å². The van der Waals surface area contributed by atoms with E-state index in [4.69, 9.17) is 0 Å². The van der Waals surface area contributed by atoms with Crippen molar-refractivity contribution in [2.24, 2.45) is 0 Å². The molecule has 0 fully saturated rings. The summed E-state index contributed by atoms with van der Waals surface area (Å²) in [6, 6.07) is 8.29. The molecule has 0 radical (unpaired) electrons. The lowest BCUT2D eigenvalue weighted by Gasteiger charge is -2.09. The minimum atomic E-state index is 0.798.